The van der Waals surface area contributed by atoms with Gasteiger partial charge in [-0.25, -0.2) is 9.37 Å². The van der Waals surface area contributed by atoms with E-state index in [9.17, 15) is 4.39 Å². The number of aromatic nitrogens is 1. The van der Waals surface area contributed by atoms with Crippen LogP contribution in [0.2, 0.25) is 0 Å². The van der Waals surface area contributed by atoms with E-state index < -0.39 is 0 Å². The van der Waals surface area contributed by atoms with Gasteiger partial charge in [0.15, 0.2) is 0 Å². The number of halogens is 1. The molecule has 0 radical (unpaired) electrons. The van der Waals surface area contributed by atoms with Gasteiger partial charge < -0.3 is 10.1 Å². The lowest BCUT2D eigenvalue weighted by atomic mass is 10.2. The van der Waals surface area contributed by atoms with Crippen molar-refractivity contribution in [3.8, 4) is 5.75 Å². The Morgan fingerprint density at radius 3 is 2.89 bits per heavy atom. The van der Waals surface area contributed by atoms with Gasteiger partial charge in [0.25, 0.3) is 0 Å². The topological polar surface area (TPSA) is 34.1 Å². The fourth-order valence-electron chi connectivity index (χ4n) is 1.62. The minimum absolute atomic E-state index is 0.284. The average molecular weight is 266 g/mol. The summed E-state index contributed by atoms with van der Waals surface area (Å²) in [5.74, 6) is 0.251. The van der Waals surface area contributed by atoms with Gasteiger partial charge in [0.1, 0.15) is 23.2 Å². The van der Waals surface area contributed by atoms with Crippen molar-refractivity contribution in [3.05, 3.63) is 45.7 Å². The molecular weight excluding hydrogens is 251 g/mol. The van der Waals surface area contributed by atoms with Crippen LogP contribution in [-0.2, 0) is 13.2 Å². The van der Waals surface area contributed by atoms with Gasteiger partial charge in [-0.05, 0) is 31.7 Å². The Kier molecular flexibility index (Phi) is 4.28. The number of nitrogens with zero attached hydrogens (tertiary/aromatic N) is 1. The first-order chi connectivity index (χ1) is 8.67. The molecule has 0 aliphatic rings. The Morgan fingerprint density at radius 1 is 1.39 bits per heavy atom. The summed E-state index contributed by atoms with van der Waals surface area (Å²) in [6.45, 7) is 2.93. The quantitative estimate of drug-likeness (QED) is 0.903. The average Bonchev–Trinajstić information content (AvgIpc) is 2.72. The van der Waals surface area contributed by atoms with E-state index in [1.54, 1.807) is 11.3 Å². The number of aryl methyl sites for hydroxylation is 1. The number of rotatable bonds is 5. The molecule has 0 spiro atoms. The molecule has 96 valence electrons. The van der Waals surface area contributed by atoms with E-state index >= 15 is 0 Å². The van der Waals surface area contributed by atoms with Crippen molar-refractivity contribution in [1.82, 2.24) is 10.3 Å². The highest BCUT2D eigenvalue weighted by Crippen LogP contribution is 2.19. The molecule has 3 nitrogen and oxygen atoms in total. The number of hydrogen-bond donors (Lipinski definition) is 1. The molecule has 1 aromatic heterocycles. The van der Waals surface area contributed by atoms with Crippen LogP contribution >= 0.6 is 11.3 Å². The number of thiazole rings is 1. The third-order valence-electron chi connectivity index (χ3n) is 2.34. The molecule has 0 aliphatic carbocycles. The van der Waals surface area contributed by atoms with Crippen molar-refractivity contribution in [2.24, 2.45) is 0 Å². The van der Waals surface area contributed by atoms with Crippen LogP contribution in [0.25, 0.3) is 0 Å². The zero-order valence-electron chi connectivity index (χ0n) is 10.4. The van der Waals surface area contributed by atoms with Crippen molar-refractivity contribution in [1.29, 1.82) is 0 Å². The molecule has 2 rings (SSSR count). The van der Waals surface area contributed by atoms with Gasteiger partial charge >= 0.3 is 0 Å². The highest BCUT2D eigenvalue weighted by molar-refractivity contribution is 7.09. The van der Waals surface area contributed by atoms with Crippen LogP contribution in [-0.4, -0.2) is 12.0 Å². The molecule has 0 unspecified atom stereocenters. The molecule has 0 fully saturated rings. The lowest BCUT2D eigenvalue weighted by Crippen LogP contribution is -2.06. The van der Waals surface area contributed by atoms with E-state index in [4.69, 9.17) is 4.74 Å². The summed E-state index contributed by atoms with van der Waals surface area (Å²) >= 11 is 1.55. The SMILES string of the molecule is CNCc1cc(F)cc(OCc2nc(C)cs2)c1. The maximum atomic E-state index is 13.4. The fraction of sp³-hybridized carbons (Fsp3) is 0.308. The van der Waals surface area contributed by atoms with Gasteiger partial charge in [0.2, 0.25) is 0 Å². The molecule has 0 saturated carbocycles. The van der Waals surface area contributed by atoms with E-state index in [1.165, 1.54) is 12.1 Å². The molecule has 1 heterocycles. The first-order valence-electron chi connectivity index (χ1n) is 5.65. The van der Waals surface area contributed by atoms with Crippen molar-refractivity contribution in [2.75, 3.05) is 7.05 Å². The third kappa shape index (κ3) is 3.51. The second-order valence-corrected chi connectivity index (χ2v) is 4.94. The van der Waals surface area contributed by atoms with Crippen molar-refractivity contribution >= 4 is 11.3 Å². The largest absolute Gasteiger partial charge is 0.486 e. The van der Waals surface area contributed by atoms with Gasteiger partial charge in [0, 0.05) is 23.7 Å². The van der Waals surface area contributed by atoms with Crippen molar-refractivity contribution in [3.63, 3.8) is 0 Å². The molecule has 18 heavy (non-hydrogen) atoms. The number of hydrogen-bond acceptors (Lipinski definition) is 4. The predicted octanol–water partition coefficient (Wildman–Crippen LogP) is 2.89. The summed E-state index contributed by atoms with van der Waals surface area (Å²) in [5.41, 5.74) is 1.84. The van der Waals surface area contributed by atoms with E-state index in [2.05, 4.69) is 10.3 Å². The first kappa shape index (κ1) is 13.0. The minimum atomic E-state index is -0.284. The minimum Gasteiger partial charge on any atom is -0.486 e. The Balaban J connectivity index is 2.04. The molecule has 1 N–H and O–H groups in total. The summed E-state index contributed by atoms with van der Waals surface area (Å²) < 4.78 is 18.9. The molecule has 0 amide bonds. The lowest BCUT2D eigenvalue weighted by Gasteiger charge is -2.07. The van der Waals surface area contributed by atoms with Crippen LogP contribution in [0.1, 0.15) is 16.3 Å². The first-order valence-corrected chi connectivity index (χ1v) is 6.53. The molecule has 0 atom stereocenters. The Labute approximate surface area is 110 Å². The van der Waals surface area contributed by atoms with Crippen LogP contribution in [0, 0.1) is 12.7 Å². The standard InChI is InChI=1S/C13H15FN2OS/c1-9-8-18-13(16-9)7-17-12-4-10(6-15-2)3-11(14)5-12/h3-5,8,15H,6-7H2,1-2H3. The molecule has 0 bridgehead atoms. The maximum Gasteiger partial charge on any atom is 0.140 e. The Hall–Kier alpha value is -1.46. The van der Waals surface area contributed by atoms with Crippen molar-refractivity contribution < 1.29 is 9.13 Å². The van der Waals surface area contributed by atoms with Gasteiger partial charge in [0.05, 0.1) is 0 Å². The monoisotopic (exact) mass is 266 g/mol. The van der Waals surface area contributed by atoms with Crippen LogP contribution in [0.15, 0.2) is 23.6 Å². The highest BCUT2D eigenvalue weighted by atomic mass is 32.1. The fourth-order valence-corrected chi connectivity index (χ4v) is 2.31. The lowest BCUT2D eigenvalue weighted by molar-refractivity contribution is 0.303. The zero-order chi connectivity index (χ0) is 13.0. The molecule has 0 saturated heterocycles. The summed E-state index contributed by atoms with van der Waals surface area (Å²) in [5, 5.41) is 5.85. The van der Waals surface area contributed by atoms with Crippen LogP contribution in [0.3, 0.4) is 0 Å². The maximum absolute atomic E-state index is 13.4. The summed E-state index contributed by atoms with van der Waals surface area (Å²) in [4.78, 5) is 4.29. The number of benzene rings is 1. The normalized spacial score (nSPS) is 10.6. The zero-order valence-corrected chi connectivity index (χ0v) is 11.2. The van der Waals surface area contributed by atoms with Gasteiger partial charge in [-0.1, -0.05) is 0 Å². The third-order valence-corrected chi connectivity index (χ3v) is 3.28. The number of nitrogens with one attached hydrogen (secondary N) is 1. The van der Waals surface area contributed by atoms with Gasteiger partial charge in [-0.3, -0.25) is 0 Å². The van der Waals surface area contributed by atoms with E-state index in [0.29, 0.717) is 18.9 Å². The molecule has 1 aromatic carbocycles. The van der Waals surface area contributed by atoms with Gasteiger partial charge in [-0.15, -0.1) is 11.3 Å². The molecule has 2 aromatic rings. The molecule has 0 aliphatic heterocycles. The predicted molar refractivity (Wildman–Crippen MR) is 70.3 cm³/mol. The summed E-state index contributed by atoms with van der Waals surface area (Å²) in [6, 6.07) is 4.72. The van der Waals surface area contributed by atoms with E-state index in [0.717, 1.165) is 16.3 Å². The Bertz CT molecular complexity index is 527. The molecule has 5 heteroatoms. The highest BCUT2D eigenvalue weighted by Gasteiger charge is 2.04. The van der Waals surface area contributed by atoms with Crippen LogP contribution in [0.4, 0.5) is 4.39 Å². The second-order valence-electron chi connectivity index (χ2n) is 4.00. The van der Waals surface area contributed by atoms with Crippen molar-refractivity contribution in [2.45, 2.75) is 20.1 Å². The smallest absolute Gasteiger partial charge is 0.140 e. The number of ether oxygens (including phenoxy) is 1. The summed E-state index contributed by atoms with van der Waals surface area (Å²) in [6.07, 6.45) is 0. The Morgan fingerprint density at radius 2 is 2.22 bits per heavy atom. The van der Waals surface area contributed by atoms with Crippen LogP contribution in [0.5, 0.6) is 5.75 Å². The summed E-state index contributed by atoms with van der Waals surface area (Å²) in [7, 11) is 1.82. The van der Waals surface area contributed by atoms with E-state index in [1.807, 2.05) is 25.4 Å². The van der Waals surface area contributed by atoms with Gasteiger partial charge in [-0.2, -0.15) is 0 Å². The van der Waals surface area contributed by atoms with E-state index in [-0.39, 0.29) is 5.82 Å². The second kappa shape index (κ2) is 5.93. The molecular formula is C13H15FN2OS. The van der Waals surface area contributed by atoms with Crippen LogP contribution < -0.4 is 10.1 Å².